The number of carbonyl (C=O) groups excluding carboxylic acids is 1. The molecule has 1 N–H and O–H groups in total. The fourth-order valence-electron chi connectivity index (χ4n) is 2.11. The Morgan fingerprint density at radius 1 is 1.67 bits per heavy atom. The van der Waals surface area contributed by atoms with E-state index in [4.69, 9.17) is 5.26 Å². The van der Waals surface area contributed by atoms with Crippen LogP contribution in [-0.2, 0) is 4.79 Å². The van der Waals surface area contributed by atoms with Crippen LogP contribution in [0.3, 0.4) is 0 Å². The van der Waals surface area contributed by atoms with Gasteiger partial charge in [-0.05, 0) is 18.9 Å². The SMILES string of the molecule is N#C[C@H]1C(=O)C=C2CC[C@H](O)[C@@H]21. The highest BCUT2D eigenvalue weighted by molar-refractivity contribution is 5.97. The molecule has 0 aliphatic heterocycles. The van der Waals surface area contributed by atoms with E-state index in [1.165, 1.54) is 6.08 Å². The molecule has 0 unspecified atom stereocenters. The second kappa shape index (κ2) is 2.43. The highest BCUT2D eigenvalue weighted by Gasteiger charge is 2.43. The lowest BCUT2D eigenvalue weighted by atomic mass is 9.92. The first-order valence-electron chi connectivity index (χ1n) is 4.06. The van der Waals surface area contributed by atoms with Gasteiger partial charge < -0.3 is 5.11 Å². The van der Waals surface area contributed by atoms with Gasteiger partial charge in [0.1, 0.15) is 5.92 Å². The number of rotatable bonds is 0. The summed E-state index contributed by atoms with van der Waals surface area (Å²) in [6.07, 6.45) is 2.53. The van der Waals surface area contributed by atoms with Gasteiger partial charge in [0, 0.05) is 5.92 Å². The van der Waals surface area contributed by atoms with Crippen LogP contribution in [0.25, 0.3) is 0 Å². The zero-order valence-corrected chi connectivity index (χ0v) is 6.53. The first-order valence-corrected chi connectivity index (χ1v) is 4.06. The zero-order valence-electron chi connectivity index (χ0n) is 6.53. The van der Waals surface area contributed by atoms with E-state index >= 15 is 0 Å². The molecule has 62 valence electrons. The van der Waals surface area contributed by atoms with Gasteiger partial charge in [-0.3, -0.25) is 4.79 Å². The quantitative estimate of drug-likeness (QED) is 0.562. The summed E-state index contributed by atoms with van der Waals surface area (Å²) in [6.45, 7) is 0. The zero-order chi connectivity index (χ0) is 8.72. The minimum Gasteiger partial charge on any atom is -0.392 e. The molecule has 1 fully saturated rings. The molecule has 3 nitrogen and oxygen atoms in total. The number of aliphatic hydroxyl groups excluding tert-OH is 1. The van der Waals surface area contributed by atoms with Gasteiger partial charge in [-0.1, -0.05) is 5.57 Å². The predicted octanol–water partition coefficient (Wildman–Crippen LogP) is 0.406. The Balaban J connectivity index is 2.34. The Morgan fingerprint density at radius 2 is 2.42 bits per heavy atom. The summed E-state index contributed by atoms with van der Waals surface area (Å²) in [5.41, 5.74) is 0.971. The number of nitrogens with zero attached hydrogens (tertiary/aromatic N) is 1. The highest BCUT2D eigenvalue weighted by atomic mass is 16.3. The van der Waals surface area contributed by atoms with Gasteiger partial charge >= 0.3 is 0 Å². The van der Waals surface area contributed by atoms with Gasteiger partial charge in [0.15, 0.2) is 5.78 Å². The molecular formula is C9H9NO2. The normalized spacial score (nSPS) is 39.2. The fourth-order valence-corrected chi connectivity index (χ4v) is 2.11. The van der Waals surface area contributed by atoms with Crippen molar-refractivity contribution >= 4 is 5.78 Å². The van der Waals surface area contributed by atoms with Crippen molar-refractivity contribution in [3.63, 3.8) is 0 Å². The molecule has 12 heavy (non-hydrogen) atoms. The van der Waals surface area contributed by atoms with E-state index < -0.39 is 12.0 Å². The number of hydrogen-bond donors (Lipinski definition) is 1. The average molecular weight is 163 g/mol. The predicted molar refractivity (Wildman–Crippen MR) is 40.9 cm³/mol. The molecule has 0 heterocycles. The van der Waals surface area contributed by atoms with Gasteiger partial charge in [0.05, 0.1) is 12.2 Å². The first kappa shape index (κ1) is 7.51. The molecule has 0 aromatic rings. The lowest BCUT2D eigenvalue weighted by Gasteiger charge is -2.13. The monoisotopic (exact) mass is 163 g/mol. The van der Waals surface area contributed by atoms with Crippen molar-refractivity contribution in [2.24, 2.45) is 11.8 Å². The van der Waals surface area contributed by atoms with Crippen LogP contribution in [0.15, 0.2) is 11.6 Å². The van der Waals surface area contributed by atoms with E-state index in [2.05, 4.69) is 0 Å². The van der Waals surface area contributed by atoms with Crippen LogP contribution in [-0.4, -0.2) is 17.0 Å². The van der Waals surface area contributed by atoms with Crippen molar-refractivity contribution in [2.45, 2.75) is 18.9 Å². The Morgan fingerprint density at radius 3 is 3.08 bits per heavy atom. The van der Waals surface area contributed by atoms with Crippen molar-refractivity contribution in [2.75, 3.05) is 0 Å². The highest BCUT2D eigenvalue weighted by Crippen LogP contribution is 2.41. The lowest BCUT2D eigenvalue weighted by molar-refractivity contribution is -0.117. The van der Waals surface area contributed by atoms with Crippen molar-refractivity contribution in [1.29, 1.82) is 5.26 Å². The van der Waals surface area contributed by atoms with Gasteiger partial charge in [0.25, 0.3) is 0 Å². The minimum atomic E-state index is -0.613. The summed E-state index contributed by atoms with van der Waals surface area (Å²) < 4.78 is 0. The molecule has 2 rings (SSSR count). The lowest BCUT2D eigenvalue weighted by Crippen LogP contribution is -2.23. The van der Waals surface area contributed by atoms with E-state index in [1.54, 1.807) is 0 Å². The number of ketones is 1. The molecule has 2 aliphatic carbocycles. The standard InChI is InChI=1S/C9H9NO2/c10-4-6-8(12)3-5-1-2-7(11)9(5)6/h3,6-7,9,11H,1-2H2/t6-,7-,9-/m0/s1. The third-order valence-electron chi connectivity index (χ3n) is 2.70. The van der Waals surface area contributed by atoms with Crippen LogP contribution in [0.5, 0.6) is 0 Å². The topological polar surface area (TPSA) is 61.1 Å². The van der Waals surface area contributed by atoms with Crippen LogP contribution in [0.1, 0.15) is 12.8 Å². The van der Waals surface area contributed by atoms with Gasteiger partial charge in [0.2, 0.25) is 0 Å². The molecule has 1 saturated carbocycles. The number of aliphatic hydroxyl groups is 1. The molecule has 2 aliphatic rings. The summed E-state index contributed by atoms with van der Waals surface area (Å²) in [5, 5.41) is 18.2. The molecule has 0 radical (unpaired) electrons. The maximum absolute atomic E-state index is 11.2. The minimum absolute atomic E-state index is 0.128. The summed E-state index contributed by atoms with van der Waals surface area (Å²) in [7, 11) is 0. The molecule has 0 saturated heterocycles. The number of fused-ring (bicyclic) bond motifs is 1. The number of hydrogen-bond acceptors (Lipinski definition) is 3. The van der Waals surface area contributed by atoms with E-state index in [9.17, 15) is 9.90 Å². The summed E-state index contributed by atoms with van der Waals surface area (Å²) in [5.74, 6) is -0.934. The second-order valence-electron chi connectivity index (χ2n) is 3.36. The molecule has 0 spiro atoms. The average Bonchev–Trinajstić information content (AvgIpc) is 2.52. The Hall–Kier alpha value is -1.14. The molecular weight excluding hydrogens is 154 g/mol. The van der Waals surface area contributed by atoms with Crippen LogP contribution < -0.4 is 0 Å². The molecule has 0 amide bonds. The molecule has 0 aromatic heterocycles. The largest absolute Gasteiger partial charge is 0.392 e. The van der Waals surface area contributed by atoms with Crippen molar-refractivity contribution in [1.82, 2.24) is 0 Å². The van der Waals surface area contributed by atoms with Gasteiger partial charge in [-0.15, -0.1) is 0 Å². The van der Waals surface area contributed by atoms with Crippen molar-refractivity contribution in [3.8, 4) is 6.07 Å². The Labute approximate surface area is 70.3 Å². The van der Waals surface area contributed by atoms with Crippen LogP contribution in [0, 0.1) is 23.2 Å². The van der Waals surface area contributed by atoms with E-state index in [-0.39, 0.29) is 11.7 Å². The maximum atomic E-state index is 11.2. The summed E-state index contributed by atoms with van der Waals surface area (Å²) >= 11 is 0. The number of carbonyl (C=O) groups is 1. The second-order valence-corrected chi connectivity index (χ2v) is 3.36. The Bertz CT molecular complexity index is 300. The maximum Gasteiger partial charge on any atom is 0.173 e. The summed E-state index contributed by atoms with van der Waals surface area (Å²) in [6, 6.07) is 1.95. The van der Waals surface area contributed by atoms with Crippen LogP contribution >= 0.6 is 0 Å². The van der Waals surface area contributed by atoms with Gasteiger partial charge in [-0.2, -0.15) is 5.26 Å². The Kier molecular flexibility index (Phi) is 1.52. The third kappa shape index (κ3) is 0.819. The number of allylic oxidation sites excluding steroid dienone is 1. The van der Waals surface area contributed by atoms with E-state index in [1.807, 2.05) is 6.07 Å². The van der Waals surface area contributed by atoms with Crippen LogP contribution in [0.4, 0.5) is 0 Å². The number of nitriles is 1. The van der Waals surface area contributed by atoms with Gasteiger partial charge in [-0.25, -0.2) is 0 Å². The van der Waals surface area contributed by atoms with Crippen LogP contribution in [0.2, 0.25) is 0 Å². The molecule has 0 bridgehead atoms. The van der Waals surface area contributed by atoms with Crippen molar-refractivity contribution in [3.05, 3.63) is 11.6 Å². The molecule has 3 heteroatoms. The smallest absolute Gasteiger partial charge is 0.173 e. The fraction of sp³-hybridized carbons (Fsp3) is 0.556. The first-order chi connectivity index (χ1) is 5.74. The third-order valence-corrected chi connectivity index (χ3v) is 2.70. The van der Waals surface area contributed by atoms with Crippen molar-refractivity contribution < 1.29 is 9.90 Å². The van der Waals surface area contributed by atoms with E-state index in [0.29, 0.717) is 6.42 Å². The molecule has 3 atom stereocenters. The summed E-state index contributed by atoms with van der Waals surface area (Å²) in [4.78, 5) is 11.2. The van der Waals surface area contributed by atoms with E-state index in [0.717, 1.165) is 12.0 Å². The molecule has 0 aromatic carbocycles.